The molecule has 0 saturated heterocycles. The second kappa shape index (κ2) is 11.1. The maximum absolute atomic E-state index is 12.6. The molecule has 2 heterocycles. The van der Waals surface area contributed by atoms with E-state index in [0.717, 1.165) is 22.4 Å². The van der Waals surface area contributed by atoms with Gasteiger partial charge in [-0.2, -0.15) is 5.10 Å². The molecule has 0 atom stereocenters. The number of rotatable bonds is 8. The van der Waals surface area contributed by atoms with Gasteiger partial charge in [0.05, 0.1) is 6.54 Å². The Labute approximate surface area is 204 Å². The molecular weight excluding hydrogens is 438 g/mol. The average molecular weight is 466 g/mol. The van der Waals surface area contributed by atoms with Crippen molar-refractivity contribution in [3.8, 4) is 11.3 Å². The third-order valence-electron chi connectivity index (χ3n) is 5.16. The topological polar surface area (TPSA) is 88.9 Å². The molecule has 0 fully saturated rings. The zero-order chi connectivity index (χ0) is 24.6. The largest absolute Gasteiger partial charge is 0.350 e. The molecule has 0 aliphatic rings. The Hall–Kier alpha value is -4.52. The van der Waals surface area contributed by atoms with Crippen LogP contribution in [0.5, 0.6) is 0 Å². The predicted octanol–water partition coefficient (Wildman–Crippen LogP) is 4.78. The minimum atomic E-state index is -0.280. The lowest BCUT2D eigenvalue weighted by molar-refractivity contribution is -0.111. The molecular formula is C28H27N5O2. The summed E-state index contributed by atoms with van der Waals surface area (Å²) in [7, 11) is 0. The third kappa shape index (κ3) is 6.51. The molecule has 2 aromatic heterocycles. The van der Waals surface area contributed by atoms with E-state index in [1.807, 2.05) is 67.2 Å². The second-order valence-electron chi connectivity index (χ2n) is 8.39. The number of benzene rings is 2. The van der Waals surface area contributed by atoms with Crippen LogP contribution in [0.1, 0.15) is 35.3 Å². The molecule has 2 amide bonds. The maximum atomic E-state index is 12.6. The van der Waals surface area contributed by atoms with Crippen LogP contribution in [0.2, 0.25) is 0 Å². The molecule has 4 rings (SSSR count). The van der Waals surface area contributed by atoms with Crippen LogP contribution in [0.15, 0.2) is 91.4 Å². The molecule has 0 bridgehead atoms. The summed E-state index contributed by atoms with van der Waals surface area (Å²) in [6, 6.07) is 20.7. The highest BCUT2D eigenvalue weighted by Crippen LogP contribution is 2.23. The minimum Gasteiger partial charge on any atom is -0.350 e. The summed E-state index contributed by atoms with van der Waals surface area (Å²) in [6.07, 6.45) is 8.61. The van der Waals surface area contributed by atoms with Crippen LogP contribution >= 0.6 is 0 Å². The Bertz CT molecular complexity index is 1310. The molecule has 2 N–H and O–H groups in total. The minimum absolute atomic E-state index is 0.0561. The fraction of sp³-hybridized carbons (Fsp3) is 0.143. The standard InChI is InChI=1S/C28H27N5O2/c1-20(2)30-28(35)22-10-13-25(14-11-22)31-26(34)15-12-24-19-33(18-21-7-4-3-5-8-21)32-27(24)23-9-6-16-29-17-23/h3-17,19-20H,18H2,1-2H3,(H,30,35)(H,31,34). The summed E-state index contributed by atoms with van der Waals surface area (Å²) >= 11 is 0. The van der Waals surface area contributed by atoms with E-state index in [1.165, 1.54) is 6.08 Å². The maximum Gasteiger partial charge on any atom is 0.251 e. The lowest BCUT2D eigenvalue weighted by Gasteiger charge is -2.09. The molecule has 0 spiro atoms. The first-order valence-electron chi connectivity index (χ1n) is 11.4. The number of nitrogens with zero attached hydrogens (tertiary/aromatic N) is 3. The van der Waals surface area contributed by atoms with E-state index >= 15 is 0 Å². The number of carbonyl (C=O) groups is 2. The van der Waals surface area contributed by atoms with Crippen molar-refractivity contribution in [2.24, 2.45) is 0 Å². The van der Waals surface area contributed by atoms with E-state index in [0.29, 0.717) is 17.8 Å². The van der Waals surface area contributed by atoms with E-state index in [1.54, 1.807) is 42.7 Å². The first kappa shape index (κ1) is 23.6. The Morgan fingerprint density at radius 2 is 1.77 bits per heavy atom. The van der Waals surface area contributed by atoms with Crippen LogP contribution in [0.4, 0.5) is 5.69 Å². The molecule has 0 aliphatic heterocycles. The smallest absolute Gasteiger partial charge is 0.251 e. The average Bonchev–Trinajstić information content (AvgIpc) is 3.26. The van der Waals surface area contributed by atoms with Crippen molar-refractivity contribution in [2.75, 3.05) is 5.32 Å². The number of nitrogens with one attached hydrogen (secondary N) is 2. The van der Waals surface area contributed by atoms with Crippen molar-refractivity contribution in [3.05, 3.63) is 108 Å². The molecule has 0 aliphatic carbocycles. The highest BCUT2D eigenvalue weighted by atomic mass is 16.2. The van der Waals surface area contributed by atoms with Gasteiger partial charge in [0, 0.05) is 53.1 Å². The van der Waals surface area contributed by atoms with Crippen molar-refractivity contribution < 1.29 is 9.59 Å². The van der Waals surface area contributed by atoms with Crippen LogP contribution in [0.3, 0.4) is 0 Å². The van der Waals surface area contributed by atoms with Crippen LogP contribution in [-0.2, 0) is 11.3 Å². The number of pyridine rings is 1. The van der Waals surface area contributed by atoms with E-state index in [4.69, 9.17) is 5.10 Å². The van der Waals surface area contributed by atoms with Crippen LogP contribution < -0.4 is 10.6 Å². The normalized spacial score (nSPS) is 11.1. The quantitative estimate of drug-likeness (QED) is 0.367. The number of aromatic nitrogens is 3. The summed E-state index contributed by atoms with van der Waals surface area (Å²) in [5.41, 5.74) is 4.71. The summed E-state index contributed by atoms with van der Waals surface area (Å²) in [4.78, 5) is 28.9. The Morgan fingerprint density at radius 1 is 1.00 bits per heavy atom. The van der Waals surface area contributed by atoms with E-state index < -0.39 is 0 Å². The Balaban J connectivity index is 1.49. The lowest BCUT2D eigenvalue weighted by atomic mass is 10.1. The summed E-state index contributed by atoms with van der Waals surface area (Å²) in [5.74, 6) is -0.425. The zero-order valence-electron chi connectivity index (χ0n) is 19.7. The molecule has 7 nitrogen and oxygen atoms in total. The number of hydrogen-bond donors (Lipinski definition) is 2. The molecule has 7 heteroatoms. The van der Waals surface area contributed by atoms with Crippen molar-refractivity contribution in [1.29, 1.82) is 0 Å². The highest BCUT2D eigenvalue weighted by Gasteiger charge is 2.11. The van der Waals surface area contributed by atoms with Gasteiger partial charge < -0.3 is 10.6 Å². The molecule has 176 valence electrons. The van der Waals surface area contributed by atoms with Crippen LogP contribution in [0, 0.1) is 0 Å². The van der Waals surface area contributed by atoms with Gasteiger partial charge in [0.15, 0.2) is 0 Å². The third-order valence-corrected chi connectivity index (χ3v) is 5.16. The van der Waals surface area contributed by atoms with Gasteiger partial charge in [0.2, 0.25) is 5.91 Å². The summed E-state index contributed by atoms with van der Waals surface area (Å²) in [6.45, 7) is 4.43. The van der Waals surface area contributed by atoms with Gasteiger partial charge in [-0.25, -0.2) is 0 Å². The van der Waals surface area contributed by atoms with E-state index in [2.05, 4.69) is 15.6 Å². The number of anilines is 1. The number of hydrogen-bond acceptors (Lipinski definition) is 4. The Morgan fingerprint density at radius 3 is 2.46 bits per heavy atom. The highest BCUT2D eigenvalue weighted by molar-refractivity contribution is 6.02. The van der Waals surface area contributed by atoms with Crippen molar-refractivity contribution >= 4 is 23.6 Å². The molecule has 4 aromatic rings. The molecule has 0 saturated carbocycles. The van der Waals surface area contributed by atoms with Gasteiger partial charge >= 0.3 is 0 Å². The van der Waals surface area contributed by atoms with Crippen LogP contribution in [0.25, 0.3) is 17.3 Å². The predicted molar refractivity (Wildman–Crippen MR) is 138 cm³/mol. The van der Waals surface area contributed by atoms with Gasteiger partial charge in [-0.05, 0) is 61.9 Å². The Kier molecular flexibility index (Phi) is 7.47. The van der Waals surface area contributed by atoms with E-state index in [-0.39, 0.29) is 17.9 Å². The molecule has 0 radical (unpaired) electrons. The lowest BCUT2D eigenvalue weighted by Crippen LogP contribution is -2.29. The van der Waals surface area contributed by atoms with Gasteiger partial charge in [-0.1, -0.05) is 30.3 Å². The first-order chi connectivity index (χ1) is 17.0. The zero-order valence-corrected chi connectivity index (χ0v) is 19.7. The molecule has 2 aromatic carbocycles. The fourth-order valence-electron chi connectivity index (χ4n) is 3.54. The second-order valence-corrected chi connectivity index (χ2v) is 8.39. The molecule has 35 heavy (non-hydrogen) atoms. The van der Waals surface area contributed by atoms with Crippen molar-refractivity contribution in [2.45, 2.75) is 26.4 Å². The SMILES string of the molecule is CC(C)NC(=O)c1ccc(NC(=O)C=Cc2cn(Cc3ccccc3)nc2-c2cccnc2)cc1. The van der Waals surface area contributed by atoms with Gasteiger partial charge in [-0.15, -0.1) is 0 Å². The summed E-state index contributed by atoms with van der Waals surface area (Å²) in [5, 5.41) is 10.4. The fourth-order valence-corrected chi connectivity index (χ4v) is 3.54. The summed E-state index contributed by atoms with van der Waals surface area (Å²) < 4.78 is 1.86. The number of amides is 2. The van der Waals surface area contributed by atoms with Gasteiger partial charge in [0.25, 0.3) is 5.91 Å². The first-order valence-corrected chi connectivity index (χ1v) is 11.4. The number of carbonyl (C=O) groups excluding carboxylic acids is 2. The monoisotopic (exact) mass is 465 g/mol. The van der Waals surface area contributed by atoms with Gasteiger partial charge in [-0.3, -0.25) is 19.3 Å². The van der Waals surface area contributed by atoms with Gasteiger partial charge in [0.1, 0.15) is 5.69 Å². The van der Waals surface area contributed by atoms with E-state index in [9.17, 15) is 9.59 Å². The van der Waals surface area contributed by atoms with Crippen molar-refractivity contribution in [1.82, 2.24) is 20.1 Å². The van der Waals surface area contributed by atoms with Crippen molar-refractivity contribution in [3.63, 3.8) is 0 Å². The van der Waals surface area contributed by atoms with Crippen LogP contribution in [-0.4, -0.2) is 32.6 Å². The molecule has 0 unspecified atom stereocenters.